The number of rotatable bonds is 7. The zero-order valence-electron chi connectivity index (χ0n) is 15.7. The summed E-state index contributed by atoms with van der Waals surface area (Å²) >= 11 is 1.65. The van der Waals surface area contributed by atoms with Gasteiger partial charge in [0.1, 0.15) is 5.82 Å². The maximum Gasteiger partial charge on any atom is 0.416 e. The van der Waals surface area contributed by atoms with Crippen molar-refractivity contribution in [1.29, 1.82) is 0 Å². The highest BCUT2D eigenvalue weighted by molar-refractivity contribution is 7.98. The molecule has 154 valence electrons. The second kappa shape index (κ2) is 9.21. The molecule has 2 aromatic carbocycles. The number of thioether (sulfide) groups is 1. The van der Waals surface area contributed by atoms with E-state index >= 15 is 0 Å². The first-order chi connectivity index (χ1) is 13.9. The van der Waals surface area contributed by atoms with E-state index in [0.29, 0.717) is 17.8 Å². The molecule has 2 amide bonds. The summed E-state index contributed by atoms with van der Waals surface area (Å²) < 4.78 is 38.5. The fourth-order valence-corrected chi connectivity index (χ4v) is 3.37. The number of fused-ring (bicyclic) bond motifs is 1. The van der Waals surface area contributed by atoms with Crippen molar-refractivity contribution < 1.29 is 18.0 Å². The van der Waals surface area contributed by atoms with E-state index in [1.54, 1.807) is 17.8 Å². The highest BCUT2D eigenvalue weighted by atomic mass is 32.2. The van der Waals surface area contributed by atoms with Crippen LogP contribution in [0.15, 0.2) is 48.5 Å². The summed E-state index contributed by atoms with van der Waals surface area (Å²) in [5, 5.41) is 5.49. The molecule has 0 saturated heterocycles. The molecule has 0 fully saturated rings. The van der Waals surface area contributed by atoms with Crippen LogP contribution in [0.1, 0.15) is 29.4 Å². The molecule has 0 spiro atoms. The molecule has 0 aliphatic heterocycles. The van der Waals surface area contributed by atoms with Crippen molar-refractivity contribution in [1.82, 2.24) is 20.6 Å². The van der Waals surface area contributed by atoms with E-state index in [-0.39, 0.29) is 12.6 Å². The number of urea groups is 1. The van der Waals surface area contributed by atoms with Crippen molar-refractivity contribution in [3.8, 4) is 0 Å². The quantitative estimate of drug-likeness (QED) is 0.509. The van der Waals surface area contributed by atoms with Gasteiger partial charge in [0.15, 0.2) is 0 Å². The predicted octanol–water partition coefficient (Wildman–Crippen LogP) is 4.88. The van der Waals surface area contributed by atoms with Gasteiger partial charge in [-0.3, -0.25) is 0 Å². The number of aromatic nitrogens is 2. The SMILES string of the molecule is CSCC[C@@H](NC(=O)NCc1cccc(C(F)(F)F)c1)c1nc2ccccc2[nH]1. The standard InChI is InChI=1S/C20H21F3N4OS/c1-29-10-9-17(18-25-15-7-2-3-8-16(15)26-18)27-19(28)24-12-13-5-4-6-14(11-13)20(21,22)23/h2-8,11,17H,9-10,12H2,1H3,(H,25,26)(H2,24,27,28)/t17-/m1/s1. The maximum atomic E-state index is 12.8. The van der Waals surface area contributed by atoms with E-state index in [1.165, 1.54) is 6.07 Å². The van der Waals surface area contributed by atoms with Crippen LogP contribution in [0.5, 0.6) is 0 Å². The van der Waals surface area contributed by atoms with E-state index in [1.807, 2.05) is 30.5 Å². The summed E-state index contributed by atoms with van der Waals surface area (Å²) in [6.45, 7) is -0.00880. The molecule has 0 aliphatic carbocycles. The summed E-state index contributed by atoms with van der Waals surface area (Å²) in [5.41, 5.74) is 1.32. The number of para-hydroxylation sites is 2. The van der Waals surface area contributed by atoms with Gasteiger partial charge in [-0.1, -0.05) is 24.3 Å². The molecule has 5 nitrogen and oxygen atoms in total. The fraction of sp³-hybridized carbons (Fsp3) is 0.300. The number of nitrogens with zero attached hydrogens (tertiary/aromatic N) is 1. The van der Waals surface area contributed by atoms with Gasteiger partial charge in [-0.2, -0.15) is 24.9 Å². The van der Waals surface area contributed by atoms with E-state index in [0.717, 1.165) is 28.9 Å². The maximum absolute atomic E-state index is 12.8. The lowest BCUT2D eigenvalue weighted by Crippen LogP contribution is -2.38. The number of imidazole rings is 1. The van der Waals surface area contributed by atoms with Crippen LogP contribution in [0, 0.1) is 0 Å². The monoisotopic (exact) mass is 422 g/mol. The van der Waals surface area contributed by atoms with Gasteiger partial charge in [-0.05, 0) is 48.3 Å². The summed E-state index contributed by atoms with van der Waals surface area (Å²) in [7, 11) is 0. The van der Waals surface area contributed by atoms with Crippen LogP contribution < -0.4 is 10.6 Å². The molecule has 0 aliphatic rings. The normalized spacial score (nSPS) is 12.7. The highest BCUT2D eigenvalue weighted by Crippen LogP contribution is 2.29. The Morgan fingerprint density at radius 1 is 1.21 bits per heavy atom. The second-order valence-electron chi connectivity index (χ2n) is 6.50. The third-order valence-electron chi connectivity index (χ3n) is 4.36. The molecule has 29 heavy (non-hydrogen) atoms. The Hall–Kier alpha value is -2.68. The number of amides is 2. The summed E-state index contributed by atoms with van der Waals surface area (Å²) in [4.78, 5) is 20.1. The minimum atomic E-state index is -4.41. The summed E-state index contributed by atoms with van der Waals surface area (Å²) in [5.74, 6) is 1.46. The molecular weight excluding hydrogens is 401 g/mol. The highest BCUT2D eigenvalue weighted by Gasteiger charge is 2.30. The number of alkyl halides is 3. The van der Waals surface area contributed by atoms with Gasteiger partial charge in [-0.15, -0.1) is 0 Å². The molecule has 0 saturated carbocycles. The molecular formula is C20H21F3N4OS. The molecule has 3 rings (SSSR count). The average Bonchev–Trinajstić information content (AvgIpc) is 3.13. The molecule has 1 atom stereocenters. The van der Waals surface area contributed by atoms with Gasteiger partial charge < -0.3 is 15.6 Å². The number of benzene rings is 2. The zero-order valence-corrected chi connectivity index (χ0v) is 16.5. The van der Waals surface area contributed by atoms with Crippen molar-refractivity contribution in [3.05, 3.63) is 65.5 Å². The number of hydrogen-bond donors (Lipinski definition) is 3. The molecule has 0 unspecified atom stereocenters. The first-order valence-electron chi connectivity index (χ1n) is 9.01. The fourth-order valence-electron chi connectivity index (χ4n) is 2.90. The topological polar surface area (TPSA) is 69.8 Å². The van der Waals surface area contributed by atoms with Gasteiger partial charge in [0.25, 0.3) is 0 Å². The summed E-state index contributed by atoms with van der Waals surface area (Å²) in [6.07, 6.45) is -1.77. The van der Waals surface area contributed by atoms with Crippen molar-refractivity contribution >= 4 is 28.8 Å². The van der Waals surface area contributed by atoms with Crippen LogP contribution in [0.4, 0.5) is 18.0 Å². The molecule has 1 aromatic heterocycles. The Morgan fingerprint density at radius 3 is 2.72 bits per heavy atom. The lowest BCUT2D eigenvalue weighted by molar-refractivity contribution is -0.137. The number of nitrogens with one attached hydrogen (secondary N) is 3. The molecule has 3 aromatic rings. The van der Waals surface area contributed by atoms with Gasteiger partial charge in [-0.25, -0.2) is 9.78 Å². The molecule has 3 N–H and O–H groups in total. The summed E-state index contributed by atoms with van der Waals surface area (Å²) in [6, 6.07) is 11.7. The van der Waals surface area contributed by atoms with E-state index in [2.05, 4.69) is 20.6 Å². The van der Waals surface area contributed by atoms with Crippen molar-refractivity contribution in [2.45, 2.75) is 25.2 Å². The van der Waals surface area contributed by atoms with E-state index < -0.39 is 17.8 Å². The molecule has 1 heterocycles. The van der Waals surface area contributed by atoms with Gasteiger partial charge in [0.2, 0.25) is 0 Å². The predicted molar refractivity (Wildman–Crippen MR) is 109 cm³/mol. The average molecular weight is 422 g/mol. The van der Waals surface area contributed by atoms with Gasteiger partial charge in [0, 0.05) is 6.54 Å². The zero-order chi connectivity index (χ0) is 20.9. The van der Waals surface area contributed by atoms with Crippen molar-refractivity contribution in [3.63, 3.8) is 0 Å². The van der Waals surface area contributed by atoms with Crippen LogP contribution >= 0.6 is 11.8 Å². The first-order valence-corrected chi connectivity index (χ1v) is 10.4. The van der Waals surface area contributed by atoms with Crippen LogP contribution in [-0.4, -0.2) is 28.0 Å². The van der Waals surface area contributed by atoms with Crippen LogP contribution in [0.25, 0.3) is 11.0 Å². The molecule has 9 heteroatoms. The number of H-pyrrole nitrogens is 1. The Balaban J connectivity index is 1.66. The van der Waals surface area contributed by atoms with Gasteiger partial charge in [0.05, 0.1) is 22.6 Å². The minimum Gasteiger partial charge on any atom is -0.340 e. The number of halogens is 3. The third kappa shape index (κ3) is 5.66. The largest absolute Gasteiger partial charge is 0.416 e. The number of carbonyl (C=O) groups is 1. The lowest BCUT2D eigenvalue weighted by Gasteiger charge is -2.17. The van der Waals surface area contributed by atoms with E-state index in [9.17, 15) is 18.0 Å². The van der Waals surface area contributed by atoms with E-state index in [4.69, 9.17) is 0 Å². The van der Waals surface area contributed by atoms with Crippen LogP contribution in [0.2, 0.25) is 0 Å². The smallest absolute Gasteiger partial charge is 0.340 e. The number of aromatic amines is 1. The lowest BCUT2D eigenvalue weighted by atomic mass is 10.1. The van der Waals surface area contributed by atoms with Crippen LogP contribution in [0.3, 0.4) is 0 Å². The first kappa shape index (κ1) is 21.0. The minimum absolute atomic E-state index is 0.00880. The van der Waals surface area contributed by atoms with Crippen LogP contribution in [-0.2, 0) is 12.7 Å². The van der Waals surface area contributed by atoms with Crippen molar-refractivity contribution in [2.75, 3.05) is 12.0 Å². The number of carbonyl (C=O) groups excluding carboxylic acids is 1. The Labute approximate surface area is 170 Å². The number of hydrogen-bond acceptors (Lipinski definition) is 3. The second-order valence-corrected chi connectivity index (χ2v) is 7.48. The molecule has 0 bridgehead atoms. The van der Waals surface area contributed by atoms with Crippen molar-refractivity contribution in [2.24, 2.45) is 0 Å². The Morgan fingerprint density at radius 2 is 2.00 bits per heavy atom. The molecule has 0 radical (unpaired) electrons. The van der Waals surface area contributed by atoms with Gasteiger partial charge >= 0.3 is 12.2 Å². The Kier molecular flexibility index (Phi) is 6.68. The third-order valence-corrected chi connectivity index (χ3v) is 5.01. The Bertz CT molecular complexity index is 941.